The molecule has 0 bridgehead atoms. The van der Waals surface area contributed by atoms with E-state index >= 15 is 0 Å². The fraction of sp³-hybridized carbons (Fsp3) is 0.333. The number of aliphatic carboxylic acids is 2. The lowest BCUT2D eigenvalue weighted by molar-refractivity contribution is -0.139. The highest BCUT2D eigenvalue weighted by molar-refractivity contribution is 7.89. The van der Waals surface area contributed by atoms with E-state index in [9.17, 15) is 23.1 Å². The summed E-state index contributed by atoms with van der Waals surface area (Å²) >= 11 is 0. The summed E-state index contributed by atoms with van der Waals surface area (Å²) in [5.41, 5.74) is 0. The van der Waals surface area contributed by atoms with Crippen LogP contribution in [0.5, 0.6) is 0 Å². The van der Waals surface area contributed by atoms with E-state index in [0.29, 0.717) is 19.3 Å². The van der Waals surface area contributed by atoms with Crippen molar-refractivity contribution in [3.8, 4) is 0 Å². The Labute approximate surface area is 151 Å². The Balaban J connectivity index is 2.05. The number of carboxylic acids is 2. The summed E-state index contributed by atoms with van der Waals surface area (Å²) in [5, 5.41) is 19.5. The molecule has 2 aromatic carbocycles. The van der Waals surface area contributed by atoms with E-state index in [1.807, 2.05) is 12.1 Å². The highest BCUT2D eigenvalue weighted by atomic mass is 32.2. The first-order valence-corrected chi connectivity index (χ1v) is 9.73. The maximum absolute atomic E-state index is 12.5. The third kappa shape index (κ3) is 5.53. The molecule has 26 heavy (non-hydrogen) atoms. The third-order valence-electron chi connectivity index (χ3n) is 4.01. The van der Waals surface area contributed by atoms with Crippen molar-refractivity contribution >= 4 is 32.7 Å². The average Bonchev–Trinajstić information content (AvgIpc) is 2.59. The summed E-state index contributed by atoms with van der Waals surface area (Å²) in [4.78, 5) is 21.8. The fourth-order valence-electron chi connectivity index (χ4n) is 2.62. The van der Waals surface area contributed by atoms with Crippen LogP contribution in [0.4, 0.5) is 0 Å². The van der Waals surface area contributed by atoms with Gasteiger partial charge in [0.1, 0.15) is 6.04 Å². The molecule has 3 N–H and O–H groups in total. The Morgan fingerprint density at radius 3 is 2.31 bits per heavy atom. The second kappa shape index (κ2) is 8.77. The van der Waals surface area contributed by atoms with Crippen LogP contribution in [0.25, 0.3) is 10.8 Å². The van der Waals surface area contributed by atoms with Crippen LogP contribution in [0, 0.1) is 0 Å². The molecule has 2 aromatic rings. The van der Waals surface area contributed by atoms with Crippen LogP contribution in [0.2, 0.25) is 0 Å². The topological polar surface area (TPSA) is 121 Å². The van der Waals surface area contributed by atoms with Crippen LogP contribution in [-0.4, -0.2) is 36.6 Å². The van der Waals surface area contributed by atoms with Crippen LogP contribution < -0.4 is 4.72 Å². The largest absolute Gasteiger partial charge is 0.481 e. The Bertz CT molecular complexity index is 893. The second-order valence-corrected chi connectivity index (χ2v) is 7.73. The number of nitrogens with one attached hydrogen (secondary N) is 1. The fourth-order valence-corrected chi connectivity index (χ4v) is 3.88. The molecule has 0 amide bonds. The summed E-state index contributed by atoms with van der Waals surface area (Å²) in [6, 6.07) is 10.6. The van der Waals surface area contributed by atoms with Gasteiger partial charge in [-0.05, 0) is 35.7 Å². The summed E-state index contributed by atoms with van der Waals surface area (Å²) in [5.74, 6) is -2.16. The Morgan fingerprint density at radius 1 is 0.962 bits per heavy atom. The first kappa shape index (κ1) is 19.9. The molecule has 0 aliphatic carbocycles. The zero-order valence-corrected chi connectivity index (χ0v) is 14.9. The molecule has 0 saturated heterocycles. The first-order valence-electron chi connectivity index (χ1n) is 8.25. The lowest BCUT2D eigenvalue weighted by atomic mass is 10.1. The Kier molecular flexibility index (Phi) is 6.70. The van der Waals surface area contributed by atoms with E-state index in [1.54, 1.807) is 18.2 Å². The van der Waals surface area contributed by atoms with E-state index < -0.39 is 28.0 Å². The lowest BCUT2D eigenvalue weighted by Crippen LogP contribution is -2.40. The van der Waals surface area contributed by atoms with Gasteiger partial charge in [0.05, 0.1) is 4.90 Å². The van der Waals surface area contributed by atoms with Crippen molar-refractivity contribution < 1.29 is 28.2 Å². The van der Waals surface area contributed by atoms with Gasteiger partial charge >= 0.3 is 11.9 Å². The third-order valence-corrected chi connectivity index (χ3v) is 5.48. The van der Waals surface area contributed by atoms with Gasteiger partial charge in [0.25, 0.3) is 0 Å². The predicted molar refractivity (Wildman–Crippen MR) is 96.4 cm³/mol. The molecule has 0 aliphatic rings. The van der Waals surface area contributed by atoms with Crippen molar-refractivity contribution in [3.05, 3.63) is 42.5 Å². The van der Waals surface area contributed by atoms with Crippen LogP contribution >= 0.6 is 0 Å². The standard InChI is InChI=1S/C18H21NO6S/c20-17(21)9-3-1-2-8-16(18(22)23)19-26(24,25)15-11-10-13-6-4-5-7-14(13)12-15/h4-7,10-12,16,19H,1-3,8-9H2,(H,20,21)(H,22,23)/t16-/m0/s1. The first-order chi connectivity index (χ1) is 12.3. The van der Waals surface area contributed by atoms with E-state index in [1.165, 1.54) is 12.1 Å². The molecule has 140 valence electrons. The van der Waals surface area contributed by atoms with Crippen LogP contribution in [0.3, 0.4) is 0 Å². The predicted octanol–water partition coefficient (Wildman–Crippen LogP) is 2.61. The van der Waals surface area contributed by atoms with Crippen molar-refractivity contribution in [1.29, 1.82) is 0 Å². The molecule has 1 atom stereocenters. The summed E-state index contributed by atoms with van der Waals surface area (Å²) in [6.07, 6.45) is 1.49. The zero-order valence-electron chi connectivity index (χ0n) is 14.1. The molecule has 0 saturated carbocycles. The number of sulfonamides is 1. The minimum Gasteiger partial charge on any atom is -0.481 e. The molecule has 8 heteroatoms. The SMILES string of the molecule is O=C(O)CCCCC[C@H](NS(=O)(=O)c1ccc2ccccc2c1)C(=O)O. The van der Waals surface area contributed by atoms with Gasteiger partial charge in [-0.3, -0.25) is 9.59 Å². The molecule has 0 aliphatic heterocycles. The number of hydrogen-bond donors (Lipinski definition) is 3. The van der Waals surface area contributed by atoms with Crippen LogP contribution in [0.15, 0.2) is 47.4 Å². The number of unbranched alkanes of at least 4 members (excludes halogenated alkanes) is 2. The number of carbonyl (C=O) groups is 2. The Morgan fingerprint density at radius 2 is 1.65 bits per heavy atom. The molecule has 0 spiro atoms. The Hall–Kier alpha value is -2.45. The normalized spacial score (nSPS) is 12.8. The molecule has 0 unspecified atom stereocenters. The molecule has 0 heterocycles. The highest BCUT2D eigenvalue weighted by Gasteiger charge is 2.25. The van der Waals surface area contributed by atoms with Gasteiger partial charge in [-0.2, -0.15) is 4.72 Å². The van der Waals surface area contributed by atoms with Gasteiger partial charge in [-0.1, -0.05) is 43.2 Å². The monoisotopic (exact) mass is 379 g/mol. The highest BCUT2D eigenvalue weighted by Crippen LogP contribution is 2.19. The molecular weight excluding hydrogens is 358 g/mol. The van der Waals surface area contributed by atoms with Crippen molar-refractivity contribution in [1.82, 2.24) is 4.72 Å². The second-order valence-electron chi connectivity index (χ2n) is 6.01. The average molecular weight is 379 g/mol. The van der Waals surface area contributed by atoms with Crippen LogP contribution in [-0.2, 0) is 19.6 Å². The van der Waals surface area contributed by atoms with Crippen molar-refractivity contribution in [3.63, 3.8) is 0 Å². The maximum Gasteiger partial charge on any atom is 0.321 e. The number of carboxylic acid groups (broad SMARTS) is 2. The maximum atomic E-state index is 12.5. The quantitative estimate of drug-likeness (QED) is 0.546. The molecule has 7 nitrogen and oxygen atoms in total. The van der Waals surface area contributed by atoms with Gasteiger partial charge in [-0.15, -0.1) is 0 Å². The van der Waals surface area contributed by atoms with Gasteiger partial charge in [-0.25, -0.2) is 8.42 Å². The van der Waals surface area contributed by atoms with Crippen LogP contribution in [0.1, 0.15) is 32.1 Å². The lowest BCUT2D eigenvalue weighted by Gasteiger charge is -2.15. The molecule has 0 aromatic heterocycles. The van der Waals surface area contributed by atoms with E-state index in [4.69, 9.17) is 5.11 Å². The van der Waals surface area contributed by atoms with Crippen molar-refractivity contribution in [2.24, 2.45) is 0 Å². The number of benzene rings is 2. The number of hydrogen-bond acceptors (Lipinski definition) is 4. The molecular formula is C18H21NO6S. The van der Waals surface area contributed by atoms with Gasteiger partial charge in [0, 0.05) is 6.42 Å². The van der Waals surface area contributed by atoms with Crippen molar-refractivity contribution in [2.75, 3.05) is 0 Å². The van der Waals surface area contributed by atoms with E-state index in [-0.39, 0.29) is 17.7 Å². The minimum atomic E-state index is -3.98. The number of rotatable bonds is 10. The number of fused-ring (bicyclic) bond motifs is 1. The summed E-state index contributed by atoms with van der Waals surface area (Å²) < 4.78 is 27.3. The molecule has 0 fully saturated rings. The van der Waals surface area contributed by atoms with E-state index in [0.717, 1.165) is 10.8 Å². The minimum absolute atomic E-state index is 0.00771. The van der Waals surface area contributed by atoms with Crippen molar-refractivity contribution in [2.45, 2.75) is 43.0 Å². The molecule has 0 radical (unpaired) electrons. The van der Waals surface area contributed by atoms with Gasteiger partial charge in [0.15, 0.2) is 0 Å². The molecule has 2 rings (SSSR count). The van der Waals surface area contributed by atoms with E-state index in [2.05, 4.69) is 4.72 Å². The summed E-state index contributed by atoms with van der Waals surface area (Å²) in [6.45, 7) is 0. The van der Waals surface area contributed by atoms with Gasteiger partial charge < -0.3 is 10.2 Å². The zero-order chi connectivity index (χ0) is 19.2. The summed E-state index contributed by atoms with van der Waals surface area (Å²) in [7, 11) is -3.98. The van der Waals surface area contributed by atoms with Gasteiger partial charge in [0.2, 0.25) is 10.0 Å². The smallest absolute Gasteiger partial charge is 0.321 e.